The fourth-order valence-electron chi connectivity index (χ4n) is 3.60. The van der Waals surface area contributed by atoms with Gasteiger partial charge in [0.15, 0.2) is 11.5 Å². The molecular weight excluding hydrogens is 356 g/mol. The quantitative estimate of drug-likeness (QED) is 0.755. The second-order valence-corrected chi connectivity index (χ2v) is 7.31. The lowest BCUT2D eigenvalue weighted by atomic mass is 9.74. The van der Waals surface area contributed by atoms with Gasteiger partial charge in [0.1, 0.15) is 0 Å². The molecule has 2 fully saturated rings. The third-order valence-corrected chi connectivity index (χ3v) is 5.47. The SMILES string of the molecule is Cl.O=C(CNCC1CC1)NCC1(c2ccc3c(c2)OCO3)CCOCC1. The van der Waals surface area contributed by atoms with Gasteiger partial charge in [-0.25, -0.2) is 0 Å². The molecule has 0 atom stereocenters. The highest BCUT2D eigenvalue weighted by atomic mass is 35.5. The van der Waals surface area contributed by atoms with E-state index in [1.807, 2.05) is 6.07 Å². The molecule has 6 nitrogen and oxygen atoms in total. The lowest BCUT2D eigenvalue weighted by molar-refractivity contribution is -0.120. The van der Waals surface area contributed by atoms with E-state index < -0.39 is 0 Å². The number of nitrogens with one attached hydrogen (secondary N) is 2. The van der Waals surface area contributed by atoms with Crippen molar-refractivity contribution < 1.29 is 19.0 Å². The van der Waals surface area contributed by atoms with Gasteiger partial charge in [-0.05, 0) is 55.8 Å². The molecule has 1 saturated heterocycles. The summed E-state index contributed by atoms with van der Waals surface area (Å²) in [6.07, 6.45) is 4.37. The monoisotopic (exact) mass is 382 g/mol. The Morgan fingerprint density at radius 3 is 2.69 bits per heavy atom. The van der Waals surface area contributed by atoms with Crippen LogP contribution in [0, 0.1) is 5.92 Å². The van der Waals surface area contributed by atoms with Crippen LogP contribution >= 0.6 is 12.4 Å². The van der Waals surface area contributed by atoms with E-state index in [-0.39, 0.29) is 30.5 Å². The van der Waals surface area contributed by atoms with Crippen LogP contribution in [-0.2, 0) is 14.9 Å². The van der Waals surface area contributed by atoms with Crippen molar-refractivity contribution in [2.45, 2.75) is 31.1 Å². The maximum Gasteiger partial charge on any atom is 0.233 e. The van der Waals surface area contributed by atoms with Gasteiger partial charge in [0.05, 0.1) is 6.54 Å². The molecule has 4 rings (SSSR count). The molecule has 0 bridgehead atoms. The maximum absolute atomic E-state index is 12.2. The molecule has 1 aliphatic carbocycles. The Morgan fingerprint density at radius 1 is 1.15 bits per heavy atom. The van der Waals surface area contributed by atoms with Crippen LogP contribution in [0.1, 0.15) is 31.2 Å². The van der Waals surface area contributed by atoms with Gasteiger partial charge >= 0.3 is 0 Å². The number of carbonyl (C=O) groups is 1. The van der Waals surface area contributed by atoms with Crippen LogP contribution in [0.25, 0.3) is 0 Å². The minimum Gasteiger partial charge on any atom is -0.454 e. The summed E-state index contributed by atoms with van der Waals surface area (Å²) in [6.45, 7) is 3.67. The van der Waals surface area contributed by atoms with Gasteiger partial charge in [0, 0.05) is 25.2 Å². The summed E-state index contributed by atoms with van der Waals surface area (Å²) in [4.78, 5) is 12.2. The highest BCUT2D eigenvalue weighted by Gasteiger charge is 2.36. The van der Waals surface area contributed by atoms with E-state index in [0.717, 1.165) is 36.8 Å². The van der Waals surface area contributed by atoms with Crippen molar-refractivity contribution in [3.8, 4) is 11.5 Å². The molecule has 144 valence electrons. The fourth-order valence-corrected chi connectivity index (χ4v) is 3.60. The van der Waals surface area contributed by atoms with Crippen LogP contribution in [0.5, 0.6) is 11.5 Å². The predicted octanol–water partition coefficient (Wildman–Crippen LogP) is 2.00. The highest BCUT2D eigenvalue weighted by Crippen LogP contribution is 2.40. The van der Waals surface area contributed by atoms with Crippen LogP contribution in [0.2, 0.25) is 0 Å². The number of carbonyl (C=O) groups excluding carboxylic acids is 1. The lowest BCUT2D eigenvalue weighted by Crippen LogP contribution is -2.46. The van der Waals surface area contributed by atoms with E-state index in [4.69, 9.17) is 14.2 Å². The molecule has 0 radical (unpaired) electrons. The van der Waals surface area contributed by atoms with Gasteiger partial charge in [-0.3, -0.25) is 4.79 Å². The average Bonchev–Trinajstić information content (AvgIpc) is 3.34. The smallest absolute Gasteiger partial charge is 0.233 e. The molecular formula is C19H27ClN2O4. The molecule has 0 unspecified atom stereocenters. The molecule has 2 aliphatic heterocycles. The number of halogens is 1. The van der Waals surface area contributed by atoms with Crippen LogP contribution in [0.4, 0.5) is 0 Å². The summed E-state index contributed by atoms with van der Waals surface area (Å²) in [5.41, 5.74) is 1.08. The van der Waals surface area contributed by atoms with Crippen molar-refractivity contribution in [2.24, 2.45) is 5.92 Å². The lowest BCUT2D eigenvalue weighted by Gasteiger charge is -2.38. The fraction of sp³-hybridized carbons (Fsp3) is 0.632. The topological polar surface area (TPSA) is 68.8 Å². The van der Waals surface area contributed by atoms with Gasteiger partial charge in [0.2, 0.25) is 12.7 Å². The van der Waals surface area contributed by atoms with Crippen molar-refractivity contribution in [3.63, 3.8) is 0 Å². The zero-order chi connectivity index (χ0) is 17.1. The Balaban J connectivity index is 0.00000196. The second kappa shape index (κ2) is 8.46. The summed E-state index contributed by atoms with van der Waals surface area (Å²) in [5.74, 6) is 2.43. The zero-order valence-corrected chi connectivity index (χ0v) is 15.7. The van der Waals surface area contributed by atoms with Crippen LogP contribution in [0.15, 0.2) is 18.2 Å². The number of hydrogen-bond acceptors (Lipinski definition) is 5. The van der Waals surface area contributed by atoms with E-state index in [1.165, 1.54) is 18.4 Å². The number of benzene rings is 1. The van der Waals surface area contributed by atoms with Gasteiger partial charge in [-0.1, -0.05) is 6.07 Å². The molecule has 2 N–H and O–H groups in total. The first-order valence-corrected chi connectivity index (χ1v) is 9.20. The molecule has 1 saturated carbocycles. The Bertz CT molecular complexity index is 630. The van der Waals surface area contributed by atoms with Crippen LogP contribution in [-0.4, -0.2) is 45.5 Å². The molecule has 3 aliphatic rings. The molecule has 1 aromatic carbocycles. The number of rotatable bonds is 7. The third-order valence-electron chi connectivity index (χ3n) is 5.47. The molecule has 2 heterocycles. The Hall–Kier alpha value is -1.50. The largest absolute Gasteiger partial charge is 0.454 e. The van der Waals surface area contributed by atoms with E-state index in [9.17, 15) is 4.79 Å². The number of hydrogen-bond donors (Lipinski definition) is 2. The standard InChI is InChI=1S/C19H26N2O4.ClH/c22-18(11-20-10-14-1-2-14)21-12-19(5-7-23-8-6-19)15-3-4-16-17(9-15)25-13-24-16;/h3-4,9,14,20H,1-2,5-8,10-13H2,(H,21,22);1H. The molecule has 1 amide bonds. The summed E-state index contributed by atoms with van der Waals surface area (Å²) in [6, 6.07) is 6.12. The first-order chi connectivity index (χ1) is 12.3. The van der Waals surface area contributed by atoms with E-state index >= 15 is 0 Å². The van der Waals surface area contributed by atoms with Gasteiger partial charge in [0.25, 0.3) is 0 Å². The van der Waals surface area contributed by atoms with Gasteiger partial charge < -0.3 is 24.8 Å². The second-order valence-electron chi connectivity index (χ2n) is 7.31. The summed E-state index contributed by atoms with van der Waals surface area (Å²) in [5, 5.41) is 6.37. The van der Waals surface area contributed by atoms with Crippen molar-refractivity contribution in [3.05, 3.63) is 23.8 Å². The first kappa shape index (κ1) is 19.3. The minimum absolute atomic E-state index is 0. The summed E-state index contributed by atoms with van der Waals surface area (Å²) >= 11 is 0. The van der Waals surface area contributed by atoms with Crippen molar-refractivity contribution in [1.29, 1.82) is 0 Å². The molecule has 0 spiro atoms. The van der Waals surface area contributed by atoms with Crippen LogP contribution in [0.3, 0.4) is 0 Å². The third kappa shape index (κ3) is 4.42. The molecule has 26 heavy (non-hydrogen) atoms. The van der Waals surface area contributed by atoms with Crippen molar-refractivity contribution >= 4 is 18.3 Å². The average molecular weight is 383 g/mol. The Labute approximate surface area is 160 Å². The summed E-state index contributed by atoms with van der Waals surface area (Å²) in [7, 11) is 0. The number of fused-ring (bicyclic) bond motifs is 1. The normalized spacial score (nSPS) is 20.3. The van der Waals surface area contributed by atoms with E-state index in [1.54, 1.807) is 0 Å². The Morgan fingerprint density at radius 2 is 1.92 bits per heavy atom. The minimum atomic E-state index is -0.106. The highest BCUT2D eigenvalue weighted by molar-refractivity contribution is 5.85. The van der Waals surface area contributed by atoms with Crippen LogP contribution < -0.4 is 20.1 Å². The number of amides is 1. The summed E-state index contributed by atoms with van der Waals surface area (Å²) < 4.78 is 16.5. The van der Waals surface area contributed by atoms with Gasteiger partial charge in [-0.15, -0.1) is 12.4 Å². The molecule has 1 aromatic rings. The first-order valence-electron chi connectivity index (χ1n) is 9.20. The predicted molar refractivity (Wildman–Crippen MR) is 100 cm³/mol. The van der Waals surface area contributed by atoms with Crippen molar-refractivity contribution in [1.82, 2.24) is 10.6 Å². The van der Waals surface area contributed by atoms with Crippen molar-refractivity contribution in [2.75, 3.05) is 39.6 Å². The van der Waals surface area contributed by atoms with Gasteiger partial charge in [-0.2, -0.15) is 0 Å². The van der Waals surface area contributed by atoms with E-state index in [2.05, 4.69) is 22.8 Å². The molecule has 7 heteroatoms. The maximum atomic E-state index is 12.2. The van der Waals surface area contributed by atoms with E-state index in [0.29, 0.717) is 26.3 Å². The number of ether oxygens (including phenoxy) is 3. The zero-order valence-electron chi connectivity index (χ0n) is 14.9. The Kier molecular flexibility index (Phi) is 6.27. The molecule has 0 aromatic heterocycles.